The lowest BCUT2D eigenvalue weighted by Gasteiger charge is -2.06. The van der Waals surface area contributed by atoms with E-state index in [-0.39, 0.29) is 11.7 Å². The molecule has 0 aliphatic heterocycles. The maximum Gasteiger partial charge on any atom is 0.234 e. The zero-order valence-corrected chi connectivity index (χ0v) is 15.8. The van der Waals surface area contributed by atoms with Gasteiger partial charge in [0.25, 0.3) is 0 Å². The maximum absolute atomic E-state index is 12.0. The number of hydrogen-bond donors (Lipinski definition) is 2. The summed E-state index contributed by atoms with van der Waals surface area (Å²) >= 11 is 14.6. The summed E-state index contributed by atoms with van der Waals surface area (Å²) in [5.41, 5.74) is 1.46. The van der Waals surface area contributed by atoms with Gasteiger partial charge in [-0.2, -0.15) is 0 Å². The molecule has 9 heteroatoms. The van der Waals surface area contributed by atoms with Crippen LogP contribution in [0.1, 0.15) is 0 Å². The van der Waals surface area contributed by atoms with E-state index in [0.29, 0.717) is 25.2 Å². The number of benzene rings is 2. The van der Waals surface area contributed by atoms with Gasteiger partial charge in [0, 0.05) is 10.7 Å². The summed E-state index contributed by atoms with van der Waals surface area (Å²) in [6.07, 6.45) is 0. The second-order valence-electron chi connectivity index (χ2n) is 4.83. The van der Waals surface area contributed by atoms with Crippen LogP contribution in [0.3, 0.4) is 0 Å². The molecule has 0 bridgehead atoms. The van der Waals surface area contributed by atoms with Crippen LogP contribution in [0, 0.1) is 0 Å². The van der Waals surface area contributed by atoms with E-state index in [9.17, 15) is 4.79 Å². The highest BCUT2D eigenvalue weighted by molar-refractivity contribution is 8.01. The molecule has 1 heterocycles. The third-order valence-corrected chi connectivity index (χ3v) is 5.48. The molecule has 0 aliphatic rings. The van der Waals surface area contributed by atoms with Crippen molar-refractivity contribution in [1.29, 1.82) is 0 Å². The summed E-state index contributed by atoms with van der Waals surface area (Å²) in [7, 11) is 0. The second kappa shape index (κ2) is 8.53. The Morgan fingerprint density at radius 1 is 1.12 bits per heavy atom. The first-order valence-electron chi connectivity index (χ1n) is 7.13. The fourth-order valence-corrected chi connectivity index (χ4v) is 3.90. The van der Waals surface area contributed by atoms with Gasteiger partial charge in [0.05, 0.1) is 16.5 Å². The number of para-hydroxylation sites is 1. The van der Waals surface area contributed by atoms with E-state index in [2.05, 4.69) is 20.8 Å². The van der Waals surface area contributed by atoms with Crippen LogP contribution < -0.4 is 10.6 Å². The van der Waals surface area contributed by atoms with E-state index < -0.39 is 0 Å². The standard InChI is InChI=1S/C16H12Cl2N4OS2/c17-10-6-7-13(12(18)8-10)20-14(23)9-24-16-22-21-15(25-16)19-11-4-2-1-3-5-11/h1-8H,9H2,(H,19,21)(H,20,23). The topological polar surface area (TPSA) is 66.9 Å². The summed E-state index contributed by atoms with van der Waals surface area (Å²) in [4.78, 5) is 12.0. The molecular weight excluding hydrogens is 399 g/mol. The van der Waals surface area contributed by atoms with E-state index in [1.807, 2.05) is 30.3 Å². The van der Waals surface area contributed by atoms with Crippen molar-refractivity contribution in [1.82, 2.24) is 10.2 Å². The Morgan fingerprint density at radius 2 is 1.92 bits per heavy atom. The molecule has 1 amide bonds. The van der Waals surface area contributed by atoms with E-state index >= 15 is 0 Å². The predicted molar refractivity (Wildman–Crippen MR) is 105 cm³/mol. The highest BCUT2D eigenvalue weighted by Crippen LogP contribution is 2.29. The number of carbonyl (C=O) groups is 1. The molecule has 2 aromatic carbocycles. The van der Waals surface area contributed by atoms with Crippen molar-refractivity contribution >= 4 is 68.7 Å². The quantitative estimate of drug-likeness (QED) is 0.538. The summed E-state index contributed by atoms with van der Waals surface area (Å²) in [5.74, 6) is 0.0286. The minimum absolute atomic E-state index is 0.179. The Kier molecular flexibility index (Phi) is 6.14. The van der Waals surface area contributed by atoms with Gasteiger partial charge < -0.3 is 10.6 Å². The molecule has 0 aliphatic carbocycles. The molecule has 25 heavy (non-hydrogen) atoms. The zero-order chi connectivity index (χ0) is 17.6. The molecule has 0 atom stereocenters. The monoisotopic (exact) mass is 410 g/mol. The summed E-state index contributed by atoms with van der Waals surface area (Å²) in [6.45, 7) is 0. The highest BCUT2D eigenvalue weighted by Gasteiger charge is 2.10. The molecule has 2 N–H and O–H groups in total. The third kappa shape index (κ3) is 5.34. The molecule has 0 fully saturated rings. The van der Waals surface area contributed by atoms with Crippen LogP contribution in [-0.2, 0) is 4.79 Å². The van der Waals surface area contributed by atoms with Crippen molar-refractivity contribution in [2.45, 2.75) is 4.34 Å². The Morgan fingerprint density at radius 3 is 2.68 bits per heavy atom. The summed E-state index contributed by atoms with van der Waals surface area (Å²) < 4.78 is 0.704. The van der Waals surface area contributed by atoms with Gasteiger partial charge in [-0.05, 0) is 30.3 Å². The second-order valence-corrected chi connectivity index (χ2v) is 7.87. The number of thioether (sulfide) groups is 1. The van der Waals surface area contributed by atoms with Crippen molar-refractivity contribution < 1.29 is 4.79 Å². The smallest absolute Gasteiger partial charge is 0.234 e. The van der Waals surface area contributed by atoms with Crippen LogP contribution >= 0.6 is 46.3 Å². The molecule has 3 aromatic rings. The van der Waals surface area contributed by atoms with Gasteiger partial charge in [0.1, 0.15) is 0 Å². The minimum atomic E-state index is -0.179. The van der Waals surface area contributed by atoms with Crippen LogP contribution in [-0.4, -0.2) is 21.9 Å². The first kappa shape index (κ1) is 18.0. The third-order valence-electron chi connectivity index (χ3n) is 2.96. The predicted octanol–water partition coefficient (Wildman–Crippen LogP) is 5.32. The molecule has 128 valence electrons. The molecule has 1 aromatic heterocycles. The van der Waals surface area contributed by atoms with Crippen molar-refractivity contribution in [3.05, 3.63) is 58.6 Å². The molecular formula is C16H12Cl2N4OS2. The number of anilines is 3. The van der Waals surface area contributed by atoms with Crippen molar-refractivity contribution in [2.75, 3.05) is 16.4 Å². The number of halogens is 2. The van der Waals surface area contributed by atoms with Gasteiger partial charge in [-0.25, -0.2) is 0 Å². The van der Waals surface area contributed by atoms with Gasteiger partial charge in [-0.3, -0.25) is 4.79 Å². The molecule has 0 unspecified atom stereocenters. The molecule has 5 nitrogen and oxygen atoms in total. The molecule has 3 rings (SSSR count). The largest absolute Gasteiger partial charge is 0.330 e. The number of aromatic nitrogens is 2. The molecule has 0 saturated carbocycles. The van der Waals surface area contributed by atoms with Crippen molar-refractivity contribution in [2.24, 2.45) is 0 Å². The Hall–Kier alpha value is -1.80. The number of carbonyl (C=O) groups excluding carboxylic acids is 1. The lowest BCUT2D eigenvalue weighted by molar-refractivity contribution is -0.113. The minimum Gasteiger partial charge on any atom is -0.330 e. The van der Waals surface area contributed by atoms with Gasteiger partial charge >= 0.3 is 0 Å². The van der Waals surface area contributed by atoms with Crippen LogP contribution in [0.2, 0.25) is 10.0 Å². The number of rotatable bonds is 6. The van der Waals surface area contributed by atoms with Gasteiger partial charge in [0.2, 0.25) is 11.0 Å². The lowest BCUT2D eigenvalue weighted by Crippen LogP contribution is -2.14. The highest BCUT2D eigenvalue weighted by atomic mass is 35.5. The molecule has 0 spiro atoms. The summed E-state index contributed by atoms with van der Waals surface area (Å²) in [6, 6.07) is 14.6. The van der Waals surface area contributed by atoms with Gasteiger partial charge in [0.15, 0.2) is 4.34 Å². The molecule has 0 radical (unpaired) electrons. The zero-order valence-electron chi connectivity index (χ0n) is 12.7. The van der Waals surface area contributed by atoms with E-state index in [1.165, 1.54) is 23.1 Å². The molecule has 0 saturated heterocycles. The average Bonchev–Trinajstić information content (AvgIpc) is 3.04. The van der Waals surface area contributed by atoms with Crippen LogP contribution in [0.25, 0.3) is 0 Å². The van der Waals surface area contributed by atoms with Crippen LogP contribution in [0.4, 0.5) is 16.5 Å². The lowest BCUT2D eigenvalue weighted by atomic mass is 10.3. The Balaban J connectivity index is 1.52. The number of hydrogen-bond acceptors (Lipinski definition) is 6. The van der Waals surface area contributed by atoms with Gasteiger partial charge in [-0.15, -0.1) is 10.2 Å². The van der Waals surface area contributed by atoms with Gasteiger partial charge in [-0.1, -0.05) is 64.5 Å². The normalized spacial score (nSPS) is 10.5. The van der Waals surface area contributed by atoms with Crippen LogP contribution in [0.15, 0.2) is 52.9 Å². The number of nitrogens with one attached hydrogen (secondary N) is 2. The van der Waals surface area contributed by atoms with E-state index in [1.54, 1.807) is 18.2 Å². The number of amides is 1. The van der Waals surface area contributed by atoms with Crippen LogP contribution in [0.5, 0.6) is 0 Å². The number of nitrogens with zero attached hydrogens (tertiary/aromatic N) is 2. The Bertz CT molecular complexity index is 874. The van der Waals surface area contributed by atoms with E-state index in [4.69, 9.17) is 23.2 Å². The SMILES string of the molecule is O=C(CSc1nnc(Nc2ccccc2)s1)Nc1ccc(Cl)cc1Cl. The fourth-order valence-electron chi connectivity index (χ4n) is 1.87. The average molecular weight is 411 g/mol. The first-order chi connectivity index (χ1) is 12.1. The Labute approximate surface area is 162 Å². The fraction of sp³-hybridized carbons (Fsp3) is 0.0625. The van der Waals surface area contributed by atoms with Crippen molar-refractivity contribution in [3.8, 4) is 0 Å². The van der Waals surface area contributed by atoms with Crippen molar-refractivity contribution in [3.63, 3.8) is 0 Å². The maximum atomic E-state index is 12.0. The first-order valence-corrected chi connectivity index (χ1v) is 9.69. The summed E-state index contributed by atoms with van der Waals surface area (Å²) in [5, 5.41) is 15.6. The van der Waals surface area contributed by atoms with E-state index in [0.717, 1.165) is 5.69 Å².